The molecule has 262 valence electrons. The highest BCUT2D eigenvalue weighted by atomic mass is 19.1. The predicted molar refractivity (Wildman–Crippen MR) is 190 cm³/mol. The van der Waals surface area contributed by atoms with Crippen LogP contribution in [0.4, 0.5) is 4.39 Å². The Kier molecular flexibility index (Phi) is 17.8. The van der Waals surface area contributed by atoms with Gasteiger partial charge in [-0.05, 0) is 80.3 Å². The molecule has 0 fully saturated rings. The van der Waals surface area contributed by atoms with Crippen LogP contribution < -0.4 is 9.47 Å². The first-order valence-corrected chi connectivity index (χ1v) is 18.0. The number of benzene rings is 3. The van der Waals surface area contributed by atoms with Gasteiger partial charge in [-0.3, -0.25) is 0 Å². The summed E-state index contributed by atoms with van der Waals surface area (Å²) in [5.41, 5.74) is 1.48. The molecule has 0 saturated carbocycles. The van der Waals surface area contributed by atoms with E-state index >= 15 is 4.39 Å². The van der Waals surface area contributed by atoms with Crippen LogP contribution in [0.2, 0.25) is 0 Å². The molecule has 0 aliphatic carbocycles. The van der Waals surface area contributed by atoms with Crippen molar-refractivity contribution in [1.29, 1.82) is 0 Å². The lowest BCUT2D eigenvalue weighted by atomic mass is 10.0. The Labute approximate surface area is 287 Å². The zero-order valence-corrected chi connectivity index (χ0v) is 29.4. The zero-order valence-electron chi connectivity index (χ0n) is 29.4. The third kappa shape index (κ3) is 13.8. The lowest BCUT2D eigenvalue weighted by Gasteiger charge is -2.21. The Hall–Kier alpha value is -3.71. The van der Waals surface area contributed by atoms with E-state index in [0.717, 1.165) is 31.4 Å². The van der Waals surface area contributed by atoms with Crippen molar-refractivity contribution in [2.24, 2.45) is 0 Å². The fourth-order valence-electron chi connectivity index (χ4n) is 5.52. The van der Waals surface area contributed by atoms with Gasteiger partial charge in [0.25, 0.3) is 0 Å². The van der Waals surface area contributed by atoms with E-state index in [1.807, 2.05) is 38.1 Å². The van der Waals surface area contributed by atoms with Gasteiger partial charge in [0.2, 0.25) is 0 Å². The van der Waals surface area contributed by atoms with Crippen molar-refractivity contribution in [1.82, 2.24) is 0 Å². The van der Waals surface area contributed by atoms with Crippen LogP contribution >= 0.6 is 0 Å². The number of ether oxygens (including phenoxy) is 4. The van der Waals surface area contributed by atoms with Crippen molar-refractivity contribution in [3.8, 4) is 22.6 Å². The van der Waals surface area contributed by atoms with E-state index in [1.54, 1.807) is 6.07 Å². The predicted octanol–water partition coefficient (Wildman–Crippen LogP) is 11.2. The van der Waals surface area contributed by atoms with Crippen molar-refractivity contribution < 1.29 is 32.9 Å². The summed E-state index contributed by atoms with van der Waals surface area (Å²) in [6.07, 6.45) is 15.4. The van der Waals surface area contributed by atoms with Gasteiger partial charge in [-0.25, -0.2) is 14.0 Å². The average molecular weight is 663 g/mol. The van der Waals surface area contributed by atoms with E-state index in [4.69, 9.17) is 18.9 Å². The SMILES string of the molecule is CCCCCCCCCCCCOc1ccc(-c2ccc(C(=O)Oc3ccc(C(=O)OC[C@H](CC)OC(C)CCC)cc3)cc2F)cc1. The molecule has 0 aromatic heterocycles. The molecular weight excluding hydrogens is 607 g/mol. The lowest BCUT2D eigenvalue weighted by Crippen LogP contribution is -2.25. The molecule has 0 aliphatic rings. The quantitative estimate of drug-likeness (QED) is 0.0572. The normalized spacial score (nSPS) is 12.4. The maximum Gasteiger partial charge on any atom is 0.343 e. The summed E-state index contributed by atoms with van der Waals surface area (Å²) in [7, 11) is 0. The van der Waals surface area contributed by atoms with Crippen molar-refractivity contribution in [3.05, 3.63) is 83.7 Å². The Morgan fingerprint density at radius 1 is 0.688 bits per heavy atom. The average Bonchev–Trinajstić information content (AvgIpc) is 3.09. The summed E-state index contributed by atoms with van der Waals surface area (Å²) < 4.78 is 37.8. The van der Waals surface area contributed by atoms with E-state index in [9.17, 15) is 9.59 Å². The molecule has 0 saturated heterocycles. The highest BCUT2D eigenvalue weighted by Crippen LogP contribution is 2.27. The first kappa shape index (κ1) is 38.7. The lowest BCUT2D eigenvalue weighted by molar-refractivity contribution is -0.0444. The van der Waals surface area contributed by atoms with Crippen LogP contribution in [0.25, 0.3) is 11.1 Å². The molecule has 3 aromatic carbocycles. The summed E-state index contributed by atoms with van der Waals surface area (Å²) in [5, 5.41) is 0. The van der Waals surface area contributed by atoms with E-state index in [1.165, 1.54) is 94.2 Å². The van der Waals surface area contributed by atoms with Gasteiger partial charge in [0, 0.05) is 5.56 Å². The van der Waals surface area contributed by atoms with Gasteiger partial charge in [-0.1, -0.05) is 103 Å². The minimum Gasteiger partial charge on any atom is -0.494 e. The minimum absolute atomic E-state index is 0.0825. The Balaban J connectivity index is 1.42. The molecule has 3 aromatic rings. The molecule has 0 aliphatic heterocycles. The van der Waals surface area contributed by atoms with Crippen LogP contribution in [-0.4, -0.2) is 37.4 Å². The number of carbonyl (C=O) groups is 2. The van der Waals surface area contributed by atoms with Gasteiger partial charge >= 0.3 is 11.9 Å². The first-order valence-electron chi connectivity index (χ1n) is 18.0. The van der Waals surface area contributed by atoms with Crippen LogP contribution in [0.15, 0.2) is 66.7 Å². The highest BCUT2D eigenvalue weighted by molar-refractivity contribution is 5.92. The standard InChI is InChI=1S/C41H55FO6/c1-5-8-9-10-11-12-13-14-15-16-28-45-36-23-18-32(19-24-36)38-27-22-34(29-39(38)42)41(44)48-37-25-20-33(21-26-37)40(43)46-30-35(7-3)47-31(4)17-6-2/h18-27,29,31,35H,5-17,28,30H2,1-4H3/t31?,35-/m0/s1. The van der Waals surface area contributed by atoms with Gasteiger partial charge in [-0.2, -0.15) is 0 Å². The summed E-state index contributed by atoms with van der Waals surface area (Å²) in [6.45, 7) is 9.20. The smallest absolute Gasteiger partial charge is 0.343 e. The molecule has 48 heavy (non-hydrogen) atoms. The first-order chi connectivity index (χ1) is 23.3. The second-order valence-electron chi connectivity index (χ2n) is 12.5. The molecule has 0 radical (unpaired) electrons. The molecule has 6 nitrogen and oxygen atoms in total. The topological polar surface area (TPSA) is 71.1 Å². The number of carbonyl (C=O) groups excluding carboxylic acids is 2. The van der Waals surface area contributed by atoms with Gasteiger partial charge in [0.05, 0.1) is 29.9 Å². The third-order valence-electron chi connectivity index (χ3n) is 8.41. The molecule has 3 rings (SSSR count). The van der Waals surface area contributed by atoms with E-state index in [-0.39, 0.29) is 30.1 Å². The van der Waals surface area contributed by atoms with Crippen molar-refractivity contribution in [2.45, 2.75) is 123 Å². The van der Waals surface area contributed by atoms with Crippen LogP contribution in [0.3, 0.4) is 0 Å². The monoisotopic (exact) mass is 662 g/mol. The molecule has 1 unspecified atom stereocenters. The van der Waals surface area contributed by atoms with Gasteiger partial charge in [-0.15, -0.1) is 0 Å². The van der Waals surface area contributed by atoms with Gasteiger partial charge in [0.15, 0.2) is 0 Å². The summed E-state index contributed by atoms with van der Waals surface area (Å²) >= 11 is 0. The Morgan fingerprint density at radius 3 is 1.90 bits per heavy atom. The van der Waals surface area contributed by atoms with Crippen LogP contribution in [0.1, 0.15) is 132 Å². The molecule has 0 N–H and O–H groups in total. The minimum atomic E-state index is -0.698. The number of hydrogen-bond acceptors (Lipinski definition) is 6. The third-order valence-corrected chi connectivity index (χ3v) is 8.41. The number of esters is 2. The van der Waals surface area contributed by atoms with Crippen molar-refractivity contribution in [2.75, 3.05) is 13.2 Å². The molecule has 7 heteroatoms. The van der Waals surface area contributed by atoms with Crippen LogP contribution in [-0.2, 0) is 9.47 Å². The number of rotatable bonds is 23. The molecular formula is C41H55FO6. The highest BCUT2D eigenvalue weighted by Gasteiger charge is 2.17. The van der Waals surface area contributed by atoms with E-state index < -0.39 is 17.8 Å². The second kappa shape index (κ2) is 22.0. The van der Waals surface area contributed by atoms with Gasteiger partial charge < -0.3 is 18.9 Å². The second-order valence-corrected chi connectivity index (χ2v) is 12.5. The van der Waals surface area contributed by atoms with Gasteiger partial charge in [0.1, 0.15) is 23.9 Å². The molecule has 0 spiro atoms. The summed E-state index contributed by atoms with van der Waals surface area (Å²) in [6, 6.07) is 17.7. The van der Waals surface area contributed by atoms with E-state index in [0.29, 0.717) is 23.3 Å². The van der Waals surface area contributed by atoms with Crippen molar-refractivity contribution >= 4 is 11.9 Å². The molecule has 0 bridgehead atoms. The van der Waals surface area contributed by atoms with Crippen molar-refractivity contribution in [3.63, 3.8) is 0 Å². The Morgan fingerprint density at radius 2 is 1.29 bits per heavy atom. The maximum absolute atomic E-state index is 15.1. The summed E-state index contributed by atoms with van der Waals surface area (Å²) in [4.78, 5) is 25.3. The zero-order chi connectivity index (χ0) is 34.6. The van der Waals surface area contributed by atoms with Crippen LogP contribution in [0, 0.1) is 5.82 Å². The fraction of sp³-hybridized carbons (Fsp3) is 0.512. The number of hydrogen-bond donors (Lipinski definition) is 0. The molecule has 2 atom stereocenters. The summed E-state index contributed by atoms with van der Waals surface area (Å²) in [5.74, 6) is -0.719. The maximum atomic E-state index is 15.1. The van der Waals surface area contributed by atoms with Crippen LogP contribution in [0.5, 0.6) is 11.5 Å². The fourth-order valence-corrected chi connectivity index (χ4v) is 5.52. The van der Waals surface area contributed by atoms with E-state index in [2.05, 4.69) is 13.8 Å². The molecule has 0 amide bonds. The molecule has 0 heterocycles. The largest absolute Gasteiger partial charge is 0.494 e. The number of halogens is 1. The Bertz CT molecular complexity index is 1350. The number of unbranched alkanes of at least 4 members (excludes halogenated alkanes) is 9.